The first-order valence-electron chi connectivity index (χ1n) is 9.67. The first-order chi connectivity index (χ1) is 12.7. The number of anilines is 2. The summed E-state index contributed by atoms with van der Waals surface area (Å²) in [4.78, 5) is 13.9. The summed E-state index contributed by atoms with van der Waals surface area (Å²) >= 11 is 1.90. The topological polar surface area (TPSA) is 22.1 Å². The average molecular weight is 369 g/mol. The minimum atomic E-state index is 1.04. The molecule has 1 saturated heterocycles. The zero-order valence-corrected chi connectivity index (χ0v) is 16.9. The van der Waals surface area contributed by atoms with Crippen molar-refractivity contribution >= 4 is 33.5 Å². The lowest BCUT2D eigenvalue weighted by atomic mass is 10.2. The Bertz CT molecular complexity index is 802. The zero-order valence-electron chi connectivity index (χ0n) is 16.0. The minimum Gasteiger partial charge on any atom is -0.353 e. The van der Waals surface area contributed by atoms with Crippen molar-refractivity contribution in [1.82, 2.24) is 9.80 Å². The molecule has 0 radical (unpaired) electrons. The Balaban J connectivity index is 1.82. The molecule has 4 rings (SSSR count). The summed E-state index contributed by atoms with van der Waals surface area (Å²) in [5.74, 6) is 1.16. The van der Waals surface area contributed by atoms with Crippen molar-refractivity contribution in [2.24, 2.45) is 4.99 Å². The van der Waals surface area contributed by atoms with Crippen LogP contribution < -0.4 is 4.90 Å². The minimum absolute atomic E-state index is 1.04. The van der Waals surface area contributed by atoms with Gasteiger partial charge in [0.25, 0.3) is 0 Å². The second-order valence-corrected chi connectivity index (χ2v) is 8.53. The highest BCUT2D eigenvalue weighted by molar-refractivity contribution is 7.16. The highest BCUT2D eigenvalue weighted by atomic mass is 32.1. The number of rotatable bonds is 3. The molecule has 0 unspecified atom stereocenters. The number of thiophene rings is 1. The van der Waals surface area contributed by atoms with Crippen LogP contribution in [0.2, 0.25) is 0 Å². The Hall–Kier alpha value is -1.85. The van der Waals surface area contributed by atoms with E-state index in [1.54, 1.807) is 0 Å². The van der Waals surface area contributed by atoms with Gasteiger partial charge in [-0.05, 0) is 38.6 Å². The second-order valence-electron chi connectivity index (χ2n) is 7.30. The molecule has 0 saturated carbocycles. The molecule has 0 spiro atoms. The molecule has 2 aliphatic rings. The number of aliphatic imine (C=N–C) groups is 1. The molecule has 1 fully saturated rings. The Kier molecular flexibility index (Phi) is 5.00. The van der Waals surface area contributed by atoms with Crippen molar-refractivity contribution in [2.75, 3.05) is 44.7 Å². The fourth-order valence-electron chi connectivity index (χ4n) is 3.73. The molecule has 26 heavy (non-hydrogen) atoms. The summed E-state index contributed by atoms with van der Waals surface area (Å²) in [5.41, 5.74) is 3.65. The molecular formula is C21H28N4S. The van der Waals surface area contributed by atoms with Gasteiger partial charge in [-0.1, -0.05) is 25.5 Å². The molecule has 4 nitrogen and oxygen atoms in total. The van der Waals surface area contributed by atoms with Crippen molar-refractivity contribution in [2.45, 2.75) is 26.7 Å². The maximum atomic E-state index is 5.19. The molecule has 2 aliphatic heterocycles. The van der Waals surface area contributed by atoms with Gasteiger partial charge in [0.15, 0.2) is 0 Å². The van der Waals surface area contributed by atoms with Crippen LogP contribution in [0.15, 0.2) is 35.3 Å². The van der Waals surface area contributed by atoms with Crippen LogP contribution in [0.25, 0.3) is 0 Å². The van der Waals surface area contributed by atoms with E-state index in [0.717, 1.165) is 44.2 Å². The summed E-state index contributed by atoms with van der Waals surface area (Å²) in [6.07, 6.45) is 2.39. The van der Waals surface area contributed by atoms with Gasteiger partial charge in [-0.3, -0.25) is 0 Å². The van der Waals surface area contributed by atoms with Crippen LogP contribution in [-0.2, 0) is 0 Å². The number of amidine groups is 1. The number of unbranched alkanes of at least 4 members (excludes halogenated alkanes) is 1. The third-order valence-electron chi connectivity index (χ3n) is 5.26. The van der Waals surface area contributed by atoms with Gasteiger partial charge in [-0.2, -0.15) is 0 Å². The average Bonchev–Trinajstić information content (AvgIpc) is 2.98. The van der Waals surface area contributed by atoms with Gasteiger partial charge >= 0.3 is 0 Å². The fourth-order valence-corrected chi connectivity index (χ4v) is 4.77. The predicted octanol–water partition coefficient (Wildman–Crippen LogP) is 4.63. The van der Waals surface area contributed by atoms with Crippen molar-refractivity contribution < 1.29 is 0 Å². The summed E-state index contributed by atoms with van der Waals surface area (Å²) in [5, 5.41) is 1.36. The number of benzene rings is 1. The number of hydrogen-bond donors (Lipinski definition) is 0. The van der Waals surface area contributed by atoms with Gasteiger partial charge < -0.3 is 14.7 Å². The summed E-state index contributed by atoms with van der Waals surface area (Å²) in [6.45, 7) is 9.80. The predicted molar refractivity (Wildman–Crippen MR) is 113 cm³/mol. The van der Waals surface area contributed by atoms with E-state index in [1.165, 1.54) is 34.0 Å². The van der Waals surface area contributed by atoms with Gasteiger partial charge in [0, 0.05) is 37.6 Å². The molecule has 5 heteroatoms. The molecular weight excluding hydrogens is 340 g/mol. The Morgan fingerprint density at radius 1 is 1.12 bits per heavy atom. The number of para-hydroxylation sites is 2. The molecule has 1 aromatic carbocycles. The normalized spacial score (nSPS) is 17.6. The van der Waals surface area contributed by atoms with Crippen LogP contribution in [0.5, 0.6) is 0 Å². The maximum Gasteiger partial charge on any atom is 0.139 e. The third kappa shape index (κ3) is 3.26. The van der Waals surface area contributed by atoms with Gasteiger partial charge in [0.1, 0.15) is 10.8 Å². The van der Waals surface area contributed by atoms with Crippen LogP contribution in [0.1, 0.15) is 30.2 Å². The van der Waals surface area contributed by atoms with Crippen molar-refractivity contribution in [1.29, 1.82) is 0 Å². The maximum absolute atomic E-state index is 5.19. The van der Waals surface area contributed by atoms with Crippen LogP contribution in [0, 0.1) is 6.92 Å². The van der Waals surface area contributed by atoms with Gasteiger partial charge in [-0.15, -0.1) is 11.3 Å². The quantitative estimate of drug-likeness (QED) is 0.788. The van der Waals surface area contributed by atoms with Crippen LogP contribution in [0.3, 0.4) is 0 Å². The lowest BCUT2D eigenvalue weighted by Crippen LogP contribution is -2.47. The second kappa shape index (κ2) is 7.41. The summed E-state index contributed by atoms with van der Waals surface area (Å²) in [7, 11) is 2.20. The molecule has 0 amide bonds. The molecule has 0 bridgehead atoms. The molecule has 0 atom stereocenters. The van der Waals surface area contributed by atoms with Gasteiger partial charge in [0.05, 0.1) is 16.9 Å². The highest BCUT2D eigenvalue weighted by Crippen LogP contribution is 2.44. The number of nitrogens with zero attached hydrogens (tertiary/aromatic N) is 4. The first kappa shape index (κ1) is 17.6. The molecule has 3 heterocycles. The number of fused-ring (bicyclic) bond motifs is 2. The van der Waals surface area contributed by atoms with E-state index in [2.05, 4.69) is 65.9 Å². The van der Waals surface area contributed by atoms with E-state index in [9.17, 15) is 0 Å². The van der Waals surface area contributed by atoms with E-state index >= 15 is 0 Å². The number of likely N-dealkylation sites (N-methyl/N-ethyl adjacent to an activating group) is 1. The van der Waals surface area contributed by atoms with E-state index < -0.39 is 0 Å². The largest absolute Gasteiger partial charge is 0.353 e. The third-order valence-corrected chi connectivity index (χ3v) is 6.33. The van der Waals surface area contributed by atoms with Crippen LogP contribution >= 0.6 is 11.3 Å². The molecule has 1 aromatic heterocycles. The SMILES string of the molecule is CCCCN1c2ccccc2N=C(N2CCN(C)CC2)c2cc(C)sc21. The lowest BCUT2D eigenvalue weighted by Gasteiger charge is -2.34. The van der Waals surface area contributed by atoms with E-state index in [0.29, 0.717) is 0 Å². The molecule has 2 aromatic rings. The lowest BCUT2D eigenvalue weighted by molar-refractivity contribution is 0.216. The standard InChI is InChI=1S/C21H28N4S/c1-4-5-10-25-19-9-7-6-8-18(19)22-20(17-15-16(2)26-21(17)25)24-13-11-23(3)12-14-24/h6-9,15H,4-5,10-14H2,1-3H3. The number of hydrogen-bond acceptors (Lipinski definition) is 5. The van der Waals surface area contributed by atoms with Gasteiger partial charge in [0.2, 0.25) is 0 Å². The smallest absolute Gasteiger partial charge is 0.139 e. The van der Waals surface area contributed by atoms with Crippen LogP contribution in [0.4, 0.5) is 16.4 Å². The fraction of sp³-hybridized carbons (Fsp3) is 0.476. The van der Waals surface area contributed by atoms with E-state index in [-0.39, 0.29) is 0 Å². The number of piperazine rings is 1. The Morgan fingerprint density at radius 3 is 2.65 bits per heavy atom. The Morgan fingerprint density at radius 2 is 1.88 bits per heavy atom. The van der Waals surface area contributed by atoms with Gasteiger partial charge in [-0.25, -0.2) is 4.99 Å². The monoisotopic (exact) mass is 368 g/mol. The summed E-state index contributed by atoms with van der Waals surface area (Å²) < 4.78 is 0. The van der Waals surface area contributed by atoms with Crippen molar-refractivity contribution in [3.63, 3.8) is 0 Å². The molecule has 138 valence electrons. The van der Waals surface area contributed by atoms with E-state index in [1.807, 2.05) is 11.3 Å². The zero-order chi connectivity index (χ0) is 18.1. The van der Waals surface area contributed by atoms with E-state index in [4.69, 9.17) is 4.99 Å². The molecule has 0 N–H and O–H groups in total. The van der Waals surface area contributed by atoms with Crippen molar-refractivity contribution in [3.05, 3.63) is 40.8 Å². The summed E-state index contributed by atoms with van der Waals surface area (Å²) in [6, 6.07) is 11.0. The van der Waals surface area contributed by atoms with Crippen LogP contribution in [-0.4, -0.2) is 55.4 Å². The number of aryl methyl sites for hydroxylation is 1. The Labute approximate surface area is 160 Å². The van der Waals surface area contributed by atoms with Crippen molar-refractivity contribution in [3.8, 4) is 0 Å². The highest BCUT2D eigenvalue weighted by Gasteiger charge is 2.28. The molecule has 0 aliphatic carbocycles. The first-order valence-corrected chi connectivity index (χ1v) is 10.5.